The van der Waals surface area contributed by atoms with E-state index in [-0.39, 0.29) is 5.54 Å². The first kappa shape index (κ1) is 13.4. The van der Waals surface area contributed by atoms with E-state index in [2.05, 4.69) is 35.3 Å². The molecular formula is C15H23N5. The zero-order valence-electron chi connectivity index (χ0n) is 12.3. The normalized spacial score (nSPS) is 18.0. The Balaban J connectivity index is 1.98. The van der Waals surface area contributed by atoms with Crippen molar-refractivity contribution >= 4 is 11.3 Å². The maximum absolute atomic E-state index is 6.00. The van der Waals surface area contributed by atoms with Gasteiger partial charge >= 0.3 is 0 Å². The molecule has 2 aromatic rings. The van der Waals surface area contributed by atoms with Crippen molar-refractivity contribution in [2.75, 3.05) is 11.9 Å². The molecule has 0 atom stereocenters. The molecule has 1 aliphatic rings. The third-order valence-corrected chi connectivity index (χ3v) is 4.34. The molecule has 0 spiro atoms. The molecule has 0 amide bonds. The molecule has 3 rings (SSSR count). The maximum Gasteiger partial charge on any atom is 0.152 e. The van der Waals surface area contributed by atoms with Crippen LogP contribution in [0.25, 0.3) is 5.52 Å². The van der Waals surface area contributed by atoms with Gasteiger partial charge < -0.3 is 11.1 Å². The number of nitrogens with zero attached hydrogens (tertiary/aromatic N) is 3. The fourth-order valence-corrected chi connectivity index (χ4v) is 3.00. The largest absolute Gasteiger partial charge is 0.362 e. The first-order valence-corrected chi connectivity index (χ1v) is 7.46. The van der Waals surface area contributed by atoms with Crippen LogP contribution in [0.2, 0.25) is 0 Å². The SMILES string of the molecule is CC(C)c1cc2c(NC3(CN)CCCC3)nccn2n1. The Morgan fingerprint density at radius 3 is 2.80 bits per heavy atom. The number of rotatable bonds is 4. The lowest BCUT2D eigenvalue weighted by atomic mass is 9.98. The van der Waals surface area contributed by atoms with E-state index in [0.717, 1.165) is 29.9 Å². The molecular weight excluding hydrogens is 250 g/mol. The average molecular weight is 273 g/mol. The predicted octanol–water partition coefficient (Wildman–Crippen LogP) is 2.54. The molecule has 0 saturated heterocycles. The summed E-state index contributed by atoms with van der Waals surface area (Å²) < 4.78 is 1.91. The third kappa shape index (κ3) is 2.26. The van der Waals surface area contributed by atoms with Crippen molar-refractivity contribution in [3.05, 3.63) is 24.2 Å². The average Bonchev–Trinajstić information content (AvgIpc) is 3.06. The summed E-state index contributed by atoms with van der Waals surface area (Å²) in [5.74, 6) is 1.32. The van der Waals surface area contributed by atoms with Gasteiger partial charge in [0.1, 0.15) is 5.52 Å². The molecule has 1 aliphatic carbocycles. The molecule has 2 aromatic heterocycles. The molecule has 0 unspecified atom stereocenters. The van der Waals surface area contributed by atoms with Gasteiger partial charge in [-0.05, 0) is 24.8 Å². The molecule has 0 aromatic carbocycles. The molecule has 0 radical (unpaired) electrons. The smallest absolute Gasteiger partial charge is 0.152 e. The molecule has 3 N–H and O–H groups in total. The van der Waals surface area contributed by atoms with Gasteiger partial charge in [0, 0.05) is 18.9 Å². The van der Waals surface area contributed by atoms with Crippen molar-refractivity contribution in [1.29, 1.82) is 0 Å². The molecule has 20 heavy (non-hydrogen) atoms. The van der Waals surface area contributed by atoms with Crippen LogP contribution in [0.15, 0.2) is 18.5 Å². The predicted molar refractivity (Wildman–Crippen MR) is 81.0 cm³/mol. The van der Waals surface area contributed by atoms with Crippen molar-refractivity contribution in [1.82, 2.24) is 14.6 Å². The summed E-state index contributed by atoms with van der Waals surface area (Å²) in [7, 11) is 0. The second-order valence-electron chi connectivity index (χ2n) is 6.15. The lowest BCUT2D eigenvalue weighted by Gasteiger charge is -2.29. The second kappa shape index (κ2) is 5.05. The van der Waals surface area contributed by atoms with Crippen LogP contribution in [0.5, 0.6) is 0 Å². The summed E-state index contributed by atoms with van der Waals surface area (Å²) in [6, 6.07) is 2.12. The van der Waals surface area contributed by atoms with Gasteiger partial charge in [0.05, 0.1) is 11.2 Å². The standard InChI is InChI=1S/C15H23N5/c1-11(2)12-9-13-14(17-7-8-20(13)19-12)18-15(10-16)5-3-4-6-15/h7-9,11H,3-6,10,16H2,1-2H3,(H,17,18). The van der Waals surface area contributed by atoms with Crippen molar-refractivity contribution in [3.63, 3.8) is 0 Å². The summed E-state index contributed by atoms with van der Waals surface area (Å²) in [6.07, 6.45) is 8.42. The Kier molecular flexibility index (Phi) is 3.38. The van der Waals surface area contributed by atoms with E-state index in [4.69, 9.17) is 5.73 Å². The fraction of sp³-hybridized carbons (Fsp3) is 0.600. The minimum Gasteiger partial charge on any atom is -0.362 e. The monoisotopic (exact) mass is 273 g/mol. The first-order valence-electron chi connectivity index (χ1n) is 7.46. The van der Waals surface area contributed by atoms with Crippen LogP contribution in [0, 0.1) is 0 Å². The van der Waals surface area contributed by atoms with Crippen molar-refractivity contribution in [2.24, 2.45) is 5.73 Å². The lowest BCUT2D eigenvalue weighted by molar-refractivity contribution is 0.491. The van der Waals surface area contributed by atoms with Gasteiger partial charge in [0.25, 0.3) is 0 Å². The van der Waals surface area contributed by atoms with Crippen LogP contribution in [0.3, 0.4) is 0 Å². The molecule has 0 aliphatic heterocycles. The van der Waals surface area contributed by atoms with Crippen LogP contribution in [-0.4, -0.2) is 26.7 Å². The zero-order valence-corrected chi connectivity index (χ0v) is 12.3. The molecule has 108 valence electrons. The summed E-state index contributed by atoms with van der Waals surface area (Å²) in [5, 5.41) is 8.20. The highest BCUT2D eigenvalue weighted by atomic mass is 15.2. The lowest BCUT2D eigenvalue weighted by Crippen LogP contribution is -2.43. The summed E-state index contributed by atoms with van der Waals surface area (Å²) in [6.45, 7) is 4.96. The quantitative estimate of drug-likeness (QED) is 0.898. The molecule has 1 saturated carbocycles. The van der Waals surface area contributed by atoms with E-state index < -0.39 is 0 Å². The van der Waals surface area contributed by atoms with E-state index >= 15 is 0 Å². The van der Waals surface area contributed by atoms with Gasteiger partial charge in [-0.15, -0.1) is 0 Å². The highest BCUT2D eigenvalue weighted by Gasteiger charge is 2.33. The molecule has 5 heteroatoms. The number of nitrogens with one attached hydrogen (secondary N) is 1. The van der Waals surface area contributed by atoms with Crippen LogP contribution >= 0.6 is 0 Å². The van der Waals surface area contributed by atoms with Crippen molar-refractivity contribution in [2.45, 2.75) is 51.0 Å². The van der Waals surface area contributed by atoms with Gasteiger partial charge in [-0.1, -0.05) is 26.7 Å². The molecule has 2 heterocycles. The Bertz CT molecular complexity index is 595. The Hall–Kier alpha value is -1.62. The van der Waals surface area contributed by atoms with E-state index in [0.29, 0.717) is 12.5 Å². The number of hydrogen-bond acceptors (Lipinski definition) is 4. The number of nitrogens with two attached hydrogens (primary N) is 1. The van der Waals surface area contributed by atoms with Crippen LogP contribution in [0.1, 0.15) is 51.1 Å². The molecule has 1 fully saturated rings. The van der Waals surface area contributed by atoms with E-state index in [1.165, 1.54) is 12.8 Å². The highest BCUT2D eigenvalue weighted by Crippen LogP contribution is 2.33. The Labute approximate surface area is 119 Å². The van der Waals surface area contributed by atoms with E-state index in [9.17, 15) is 0 Å². The van der Waals surface area contributed by atoms with Gasteiger partial charge in [-0.25, -0.2) is 9.50 Å². The fourth-order valence-electron chi connectivity index (χ4n) is 3.00. The minimum absolute atomic E-state index is 0.0110. The van der Waals surface area contributed by atoms with Gasteiger partial charge in [-0.3, -0.25) is 0 Å². The van der Waals surface area contributed by atoms with Crippen molar-refractivity contribution < 1.29 is 0 Å². The summed E-state index contributed by atoms with van der Waals surface area (Å²) >= 11 is 0. The van der Waals surface area contributed by atoms with Gasteiger partial charge in [0.2, 0.25) is 0 Å². The topological polar surface area (TPSA) is 68.2 Å². The maximum atomic E-state index is 6.00. The zero-order chi connectivity index (χ0) is 14.2. The number of hydrogen-bond donors (Lipinski definition) is 2. The van der Waals surface area contributed by atoms with E-state index in [1.54, 1.807) is 6.20 Å². The molecule has 0 bridgehead atoms. The Morgan fingerprint density at radius 1 is 1.40 bits per heavy atom. The number of anilines is 1. The first-order chi connectivity index (χ1) is 9.63. The Morgan fingerprint density at radius 2 is 2.15 bits per heavy atom. The third-order valence-electron chi connectivity index (χ3n) is 4.34. The van der Waals surface area contributed by atoms with Gasteiger partial charge in [-0.2, -0.15) is 5.10 Å². The van der Waals surface area contributed by atoms with E-state index in [1.807, 2.05) is 10.7 Å². The number of aromatic nitrogens is 3. The van der Waals surface area contributed by atoms with Crippen LogP contribution in [-0.2, 0) is 0 Å². The van der Waals surface area contributed by atoms with Crippen molar-refractivity contribution in [3.8, 4) is 0 Å². The summed E-state index contributed by atoms with van der Waals surface area (Å²) in [4.78, 5) is 4.51. The number of fused-ring (bicyclic) bond motifs is 1. The second-order valence-corrected chi connectivity index (χ2v) is 6.15. The summed E-state index contributed by atoms with van der Waals surface area (Å²) in [5.41, 5.74) is 8.14. The highest BCUT2D eigenvalue weighted by molar-refractivity contribution is 5.68. The molecule has 5 nitrogen and oxygen atoms in total. The van der Waals surface area contributed by atoms with Crippen LogP contribution < -0.4 is 11.1 Å². The minimum atomic E-state index is 0.0110. The van der Waals surface area contributed by atoms with Gasteiger partial charge in [0.15, 0.2) is 5.82 Å². The van der Waals surface area contributed by atoms with Crippen LogP contribution in [0.4, 0.5) is 5.82 Å².